The number of benzene rings is 5. The number of rotatable bonds is 11. The first-order valence-electron chi connectivity index (χ1n) is 16.4. The van der Waals surface area contributed by atoms with E-state index in [1.807, 2.05) is 48.7 Å². The summed E-state index contributed by atoms with van der Waals surface area (Å²) in [7, 11) is 1.43. The first kappa shape index (κ1) is 31.8. The summed E-state index contributed by atoms with van der Waals surface area (Å²) in [5, 5.41) is 35.6. The number of hydrogen-bond donors (Lipinski definition) is 4. The number of ketones is 1. The van der Waals surface area contributed by atoms with Crippen LogP contribution in [0.4, 0.5) is 0 Å². The van der Waals surface area contributed by atoms with Crippen LogP contribution < -0.4 is 14.2 Å². The number of nitrogens with one attached hydrogen (secondary N) is 1. The second-order valence-corrected chi connectivity index (χ2v) is 12.2. The molecule has 1 aliphatic rings. The Morgan fingerprint density at radius 2 is 1.71 bits per heavy atom. The van der Waals surface area contributed by atoms with Crippen molar-refractivity contribution in [3.8, 4) is 28.7 Å². The number of fused-ring (bicyclic) bond motifs is 4. The van der Waals surface area contributed by atoms with Crippen molar-refractivity contribution >= 4 is 33.5 Å². The molecule has 0 aliphatic carbocycles. The molecule has 0 amide bonds. The maximum atomic E-state index is 14.0. The Labute approximate surface area is 283 Å². The van der Waals surface area contributed by atoms with Gasteiger partial charge in [0.15, 0.2) is 17.3 Å². The third-order valence-electron chi connectivity index (χ3n) is 9.11. The van der Waals surface area contributed by atoms with E-state index in [-0.39, 0.29) is 59.5 Å². The number of aromatic nitrogens is 1. The number of phenolic OH excluding ortho intramolecular Hbond substituents is 2. The van der Waals surface area contributed by atoms with E-state index in [2.05, 4.69) is 35.3 Å². The number of ether oxygens (including phenoxy) is 3. The van der Waals surface area contributed by atoms with Crippen molar-refractivity contribution in [2.75, 3.05) is 13.7 Å². The van der Waals surface area contributed by atoms with Gasteiger partial charge in [0.1, 0.15) is 23.2 Å². The summed E-state index contributed by atoms with van der Waals surface area (Å²) in [5.41, 5.74) is 4.48. The summed E-state index contributed by atoms with van der Waals surface area (Å²) >= 11 is 0. The molecule has 248 valence electrons. The fourth-order valence-electron chi connectivity index (χ4n) is 6.60. The summed E-state index contributed by atoms with van der Waals surface area (Å²) in [6.07, 6.45) is 5.20. The molecule has 0 radical (unpaired) electrons. The molecule has 0 saturated heterocycles. The molecule has 7 rings (SSSR count). The van der Waals surface area contributed by atoms with Crippen molar-refractivity contribution in [2.45, 2.75) is 37.9 Å². The van der Waals surface area contributed by atoms with Gasteiger partial charge in [0.2, 0.25) is 5.75 Å². The van der Waals surface area contributed by atoms with Crippen LogP contribution in [0, 0.1) is 0 Å². The molecule has 1 unspecified atom stereocenters. The predicted molar refractivity (Wildman–Crippen MR) is 190 cm³/mol. The third-order valence-corrected chi connectivity index (χ3v) is 9.11. The standard InChI is InChI=1S/C41H37NO7/c1-47-41-38(46)33(17-13-26-8-5-9-31-30(26)18-19-34-32(31)20-22-42-34)39-37(35(45)24-36(49-39)27-11-15-28(43)16-12-27)40(41)48-23-21-29(44)14-10-25-6-3-2-4-7-25/h2-12,14-16,18-20,22,29,36,42-44,46H,13,17,21,23-24H2,1H3/b14-10+/t29-,36?/m0/s1. The fraction of sp³-hybridized carbons (Fsp3) is 0.195. The van der Waals surface area contributed by atoms with Crippen LogP contribution >= 0.6 is 0 Å². The van der Waals surface area contributed by atoms with Gasteiger partial charge in [-0.25, -0.2) is 0 Å². The molecule has 6 aromatic rings. The van der Waals surface area contributed by atoms with Crippen molar-refractivity contribution in [1.82, 2.24) is 4.98 Å². The maximum Gasteiger partial charge on any atom is 0.204 e. The second kappa shape index (κ2) is 13.8. The van der Waals surface area contributed by atoms with E-state index in [1.54, 1.807) is 30.3 Å². The molecule has 0 saturated carbocycles. The summed E-state index contributed by atoms with van der Waals surface area (Å²) < 4.78 is 18.4. The highest BCUT2D eigenvalue weighted by atomic mass is 16.5. The summed E-state index contributed by atoms with van der Waals surface area (Å²) in [6.45, 7) is 0.0557. The van der Waals surface area contributed by atoms with Gasteiger partial charge < -0.3 is 34.5 Å². The highest BCUT2D eigenvalue weighted by Gasteiger charge is 2.37. The van der Waals surface area contributed by atoms with Crippen molar-refractivity contribution in [3.05, 3.63) is 131 Å². The molecule has 49 heavy (non-hydrogen) atoms. The molecule has 1 aliphatic heterocycles. The van der Waals surface area contributed by atoms with Gasteiger partial charge in [0, 0.05) is 29.1 Å². The van der Waals surface area contributed by atoms with Crippen molar-refractivity contribution in [3.63, 3.8) is 0 Å². The molecule has 4 N–H and O–H groups in total. The largest absolute Gasteiger partial charge is 0.508 e. The fourth-order valence-corrected chi connectivity index (χ4v) is 6.60. The van der Waals surface area contributed by atoms with E-state index >= 15 is 0 Å². The summed E-state index contributed by atoms with van der Waals surface area (Å²) in [4.78, 5) is 17.3. The molecule has 2 atom stereocenters. The first-order chi connectivity index (χ1) is 23.9. The number of aliphatic hydroxyl groups excluding tert-OH is 1. The minimum Gasteiger partial charge on any atom is -0.508 e. The van der Waals surface area contributed by atoms with Gasteiger partial charge in [-0.1, -0.05) is 78.9 Å². The number of Topliss-reactive ketones (excluding diaryl/α,β-unsaturated/α-hetero) is 1. The number of carbonyl (C=O) groups is 1. The number of carbonyl (C=O) groups excluding carboxylic acids is 1. The maximum absolute atomic E-state index is 14.0. The van der Waals surface area contributed by atoms with E-state index in [4.69, 9.17) is 14.2 Å². The number of aryl methyl sites for hydroxylation is 1. The Morgan fingerprint density at radius 1 is 0.898 bits per heavy atom. The smallest absolute Gasteiger partial charge is 0.204 e. The van der Waals surface area contributed by atoms with Crippen LogP contribution in [0.2, 0.25) is 0 Å². The zero-order chi connectivity index (χ0) is 33.9. The molecule has 0 spiro atoms. The van der Waals surface area contributed by atoms with E-state index in [0.717, 1.165) is 38.4 Å². The van der Waals surface area contributed by atoms with Gasteiger partial charge >= 0.3 is 0 Å². The molecular weight excluding hydrogens is 618 g/mol. The molecule has 0 fully saturated rings. The van der Waals surface area contributed by atoms with E-state index in [1.165, 1.54) is 7.11 Å². The minimum atomic E-state index is -0.797. The first-order valence-corrected chi connectivity index (χ1v) is 16.4. The Balaban J connectivity index is 1.22. The van der Waals surface area contributed by atoms with Gasteiger partial charge in [0.05, 0.1) is 26.2 Å². The lowest BCUT2D eigenvalue weighted by Gasteiger charge is -2.30. The number of aromatic amines is 1. The highest BCUT2D eigenvalue weighted by Crippen LogP contribution is 2.53. The lowest BCUT2D eigenvalue weighted by molar-refractivity contribution is 0.0836. The van der Waals surface area contributed by atoms with Crippen LogP contribution in [-0.4, -0.2) is 45.9 Å². The van der Waals surface area contributed by atoms with Gasteiger partial charge in [-0.15, -0.1) is 0 Å². The number of aromatic hydroxyl groups is 2. The quantitative estimate of drug-likeness (QED) is 0.111. The zero-order valence-electron chi connectivity index (χ0n) is 27.1. The van der Waals surface area contributed by atoms with Crippen molar-refractivity contribution in [2.24, 2.45) is 0 Å². The van der Waals surface area contributed by atoms with Crippen LogP contribution in [0.15, 0.2) is 103 Å². The monoisotopic (exact) mass is 655 g/mol. The van der Waals surface area contributed by atoms with E-state index in [0.29, 0.717) is 18.4 Å². The number of aliphatic hydroxyl groups is 1. The normalized spacial score (nSPS) is 15.0. The molecular formula is C41H37NO7. The predicted octanol–water partition coefficient (Wildman–Crippen LogP) is 8.08. The van der Waals surface area contributed by atoms with Crippen LogP contribution in [0.5, 0.6) is 28.7 Å². The second-order valence-electron chi connectivity index (χ2n) is 12.2. The van der Waals surface area contributed by atoms with Crippen molar-refractivity contribution < 1.29 is 34.3 Å². The summed E-state index contributed by atoms with van der Waals surface area (Å²) in [5.74, 6) is 0.118. The average Bonchev–Trinajstić information content (AvgIpc) is 3.61. The van der Waals surface area contributed by atoms with Crippen LogP contribution in [0.1, 0.15) is 51.6 Å². The average molecular weight is 656 g/mol. The van der Waals surface area contributed by atoms with Gasteiger partial charge in [-0.3, -0.25) is 4.79 Å². The number of methoxy groups -OCH3 is 1. The third kappa shape index (κ3) is 6.43. The molecule has 8 nitrogen and oxygen atoms in total. The Hall–Kier alpha value is -5.73. The lowest BCUT2D eigenvalue weighted by Crippen LogP contribution is -2.23. The van der Waals surface area contributed by atoms with E-state index < -0.39 is 12.2 Å². The molecule has 1 aromatic heterocycles. The van der Waals surface area contributed by atoms with Crippen molar-refractivity contribution in [1.29, 1.82) is 0 Å². The zero-order valence-corrected chi connectivity index (χ0v) is 27.1. The van der Waals surface area contributed by atoms with E-state index in [9.17, 15) is 20.1 Å². The minimum absolute atomic E-state index is 0.0277. The van der Waals surface area contributed by atoms with Gasteiger partial charge in [0.25, 0.3) is 0 Å². The molecule has 2 heterocycles. The van der Waals surface area contributed by atoms with Crippen LogP contribution in [0.3, 0.4) is 0 Å². The highest BCUT2D eigenvalue weighted by molar-refractivity contribution is 6.07. The van der Waals surface area contributed by atoms with Crippen LogP contribution in [0.25, 0.3) is 27.8 Å². The summed E-state index contributed by atoms with van der Waals surface area (Å²) in [6, 6.07) is 28.6. The molecule has 0 bridgehead atoms. The Kier molecular flexibility index (Phi) is 8.96. The SMILES string of the molecule is COc1c(O)c(CCc2cccc3c2ccc2[nH]ccc23)c2c(c1OCC[C@@H](O)/C=C/c1ccccc1)C(=O)CC(c1ccc(O)cc1)O2. The number of H-pyrrole nitrogens is 1. The number of hydrogen-bond acceptors (Lipinski definition) is 7. The van der Waals surface area contributed by atoms with Crippen LogP contribution in [-0.2, 0) is 12.8 Å². The van der Waals surface area contributed by atoms with Gasteiger partial charge in [-0.05, 0) is 64.6 Å². The Bertz CT molecular complexity index is 2150. The molecule has 8 heteroatoms. The van der Waals surface area contributed by atoms with Gasteiger partial charge in [-0.2, -0.15) is 0 Å². The lowest BCUT2D eigenvalue weighted by atomic mass is 9.90. The molecule has 5 aromatic carbocycles. The number of phenols is 2. The topological polar surface area (TPSA) is 121 Å². The Morgan fingerprint density at radius 3 is 2.51 bits per heavy atom.